The van der Waals surface area contributed by atoms with Crippen LogP contribution in [0.3, 0.4) is 0 Å². The van der Waals surface area contributed by atoms with E-state index in [4.69, 9.17) is 9.84 Å². The van der Waals surface area contributed by atoms with E-state index in [0.29, 0.717) is 6.54 Å². The minimum absolute atomic E-state index is 0.257. The third-order valence-electron chi connectivity index (χ3n) is 4.93. The van der Waals surface area contributed by atoms with Gasteiger partial charge in [-0.1, -0.05) is 23.5 Å². The Balaban J connectivity index is 1.48. The van der Waals surface area contributed by atoms with Gasteiger partial charge in [0.25, 0.3) is 0 Å². The van der Waals surface area contributed by atoms with Crippen LogP contribution in [0, 0.1) is 0 Å². The molecule has 2 aromatic heterocycles. The number of aromatic hydroxyl groups is 1. The standard InChI is InChI=1S/C19H20N4O5S/c1-28-14-5-3-2-4-13(14)22-8-6-21(7-9-22)10-12-11-23-17(25)16(24)15(18(26)27)20-19(23)29-12/h2-5,11,24H,6-10H2,1H3,(H,26,27). The van der Waals surface area contributed by atoms with Crippen molar-refractivity contribution in [1.29, 1.82) is 0 Å². The smallest absolute Gasteiger partial charge is 0.358 e. The second-order valence-corrected chi connectivity index (χ2v) is 7.80. The molecule has 0 unspecified atom stereocenters. The Morgan fingerprint density at radius 3 is 2.66 bits per heavy atom. The highest BCUT2D eigenvalue weighted by Crippen LogP contribution is 2.29. The van der Waals surface area contributed by atoms with Crippen molar-refractivity contribution in [3.63, 3.8) is 0 Å². The number of para-hydroxylation sites is 2. The molecule has 1 saturated heterocycles. The highest BCUT2D eigenvalue weighted by Gasteiger charge is 2.22. The van der Waals surface area contributed by atoms with E-state index in [1.165, 1.54) is 15.7 Å². The number of ether oxygens (including phenoxy) is 1. The Morgan fingerprint density at radius 2 is 1.97 bits per heavy atom. The number of carboxylic acid groups (broad SMARTS) is 1. The van der Waals surface area contributed by atoms with E-state index < -0.39 is 23.0 Å². The molecule has 1 aromatic carbocycles. The van der Waals surface area contributed by atoms with Crippen LogP contribution in [0.2, 0.25) is 0 Å². The SMILES string of the molecule is COc1ccccc1N1CCN(Cc2cn3c(=O)c(O)c(C(=O)O)nc3s2)CC1. The number of rotatable bonds is 5. The second kappa shape index (κ2) is 7.72. The summed E-state index contributed by atoms with van der Waals surface area (Å²) in [5.41, 5.74) is -0.311. The molecule has 0 bridgehead atoms. The maximum atomic E-state index is 12.2. The van der Waals surface area contributed by atoms with Gasteiger partial charge in [-0.2, -0.15) is 0 Å². The molecule has 152 valence electrons. The summed E-state index contributed by atoms with van der Waals surface area (Å²) in [4.78, 5) is 32.9. The average molecular weight is 416 g/mol. The molecule has 3 aromatic rings. The van der Waals surface area contributed by atoms with E-state index in [0.717, 1.165) is 42.5 Å². The van der Waals surface area contributed by atoms with Crippen LogP contribution in [0.15, 0.2) is 35.3 Å². The largest absolute Gasteiger partial charge is 0.501 e. The van der Waals surface area contributed by atoms with Gasteiger partial charge in [0.1, 0.15) is 5.75 Å². The molecule has 2 N–H and O–H groups in total. The van der Waals surface area contributed by atoms with Gasteiger partial charge in [-0.25, -0.2) is 9.78 Å². The van der Waals surface area contributed by atoms with Crippen LogP contribution in [-0.4, -0.2) is 63.8 Å². The topological polar surface area (TPSA) is 108 Å². The summed E-state index contributed by atoms with van der Waals surface area (Å²) in [6.07, 6.45) is 1.62. The number of fused-ring (bicyclic) bond motifs is 1. The number of piperazine rings is 1. The summed E-state index contributed by atoms with van der Waals surface area (Å²) < 4.78 is 6.65. The summed E-state index contributed by atoms with van der Waals surface area (Å²) in [6.45, 7) is 3.97. The number of carbonyl (C=O) groups is 1. The number of nitrogens with zero attached hydrogens (tertiary/aromatic N) is 4. The molecular formula is C19H20N4O5S. The van der Waals surface area contributed by atoms with E-state index in [2.05, 4.69) is 14.8 Å². The molecule has 3 heterocycles. The van der Waals surface area contributed by atoms with Crippen molar-refractivity contribution >= 4 is 28.0 Å². The molecule has 0 spiro atoms. The van der Waals surface area contributed by atoms with E-state index in [1.807, 2.05) is 24.3 Å². The Morgan fingerprint density at radius 1 is 1.24 bits per heavy atom. The molecule has 9 nitrogen and oxygen atoms in total. The van der Waals surface area contributed by atoms with Crippen LogP contribution in [0.1, 0.15) is 15.4 Å². The van der Waals surface area contributed by atoms with Crippen LogP contribution in [0.25, 0.3) is 4.96 Å². The molecule has 1 aliphatic rings. The van der Waals surface area contributed by atoms with Crippen LogP contribution in [0.4, 0.5) is 5.69 Å². The van der Waals surface area contributed by atoms with Crippen molar-refractivity contribution in [3.05, 3.63) is 51.4 Å². The number of aromatic carboxylic acids is 1. The van der Waals surface area contributed by atoms with Crippen LogP contribution < -0.4 is 15.2 Å². The van der Waals surface area contributed by atoms with Gasteiger partial charge in [-0.15, -0.1) is 0 Å². The summed E-state index contributed by atoms with van der Waals surface area (Å²) in [5, 5.41) is 18.9. The van der Waals surface area contributed by atoms with Crippen LogP contribution in [0.5, 0.6) is 11.5 Å². The lowest BCUT2D eigenvalue weighted by Gasteiger charge is -2.36. The van der Waals surface area contributed by atoms with Crippen molar-refractivity contribution in [2.45, 2.75) is 6.54 Å². The van der Waals surface area contributed by atoms with Gasteiger partial charge in [-0.05, 0) is 12.1 Å². The molecule has 10 heteroatoms. The van der Waals surface area contributed by atoms with E-state index in [9.17, 15) is 14.7 Å². The first kappa shape index (κ1) is 19.2. The monoisotopic (exact) mass is 416 g/mol. The summed E-state index contributed by atoms with van der Waals surface area (Å²) >= 11 is 1.25. The van der Waals surface area contributed by atoms with Gasteiger partial charge in [-0.3, -0.25) is 14.1 Å². The van der Waals surface area contributed by atoms with Crippen molar-refractivity contribution in [2.24, 2.45) is 0 Å². The number of thiazole rings is 1. The van der Waals surface area contributed by atoms with E-state index in [-0.39, 0.29) is 4.96 Å². The van der Waals surface area contributed by atoms with Gasteiger partial charge in [0, 0.05) is 43.8 Å². The zero-order valence-electron chi connectivity index (χ0n) is 15.7. The lowest BCUT2D eigenvalue weighted by molar-refractivity contribution is 0.0687. The first-order valence-corrected chi connectivity index (χ1v) is 9.87. The molecule has 1 fully saturated rings. The molecular weight excluding hydrogens is 396 g/mol. The van der Waals surface area contributed by atoms with Crippen molar-refractivity contribution in [3.8, 4) is 11.5 Å². The van der Waals surface area contributed by atoms with Crippen molar-refractivity contribution < 1.29 is 19.7 Å². The van der Waals surface area contributed by atoms with E-state index in [1.54, 1.807) is 13.3 Å². The molecule has 29 heavy (non-hydrogen) atoms. The fraction of sp³-hybridized carbons (Fsp3) is 0.316. The Bertz CT molecular complexity index is 1120. The predicted octanol–water partition coefficient (Wildman–Crippen LogP) is 1.49. The predicted molar refractivity (Wildman–Crippen MR) is 108 cm³/mol. The van der Waals surface area contributed by atoms with Gasteiger partial charge in [0.05, 0.1) is 12.8 Å². The molecule has 0 aliphatic carbocycles. The minimum Gasteiger partial charge on any atom is -0.501 e. The quantitative estimate of drug-likeness (QED) is 0.644. The fourth-order valence-corrected chi connectivity index (χ4v) is 4.47. The zero-order chi connectivity index (χ0) is 20.5. The lowest BCUT2D eigenvalue weighted by Crippen LogP contribution is -2.46. The molecule has 0 saturated carbocycles. The van der Waals surface area contributed by atoms with Gasteiger partial charge < -0.3 is 19.8 Å². The van der Waals surface area contributed by atoms with Gasteiger partial charge in [0.15, 0.2) is 10.7 Å². The fourth-order valence-electron chi connectivity index (χ4n) is 3.46. The lowest BCUT2D eigenvalue weighted by atomic mass is 10.2. The summed E-state index contributed by atoms with van der Waals surface area (Å²) in [7, 11) is 1.67. The van der Waals surface area contributed by atoms with E-state index >= 15 is 0 Å². The van der Waals surface area contributed by atoms with Crippen molar-refractivity contribution in [2.75, 3.05) is 38.2 Å². The summed E-state index contributed by atoms with van der Waals surface area (Å²) in [6, 6.07) is 7.94. The van der Waals surface area contributed by atoms with Gasteiger partial charge in [0.2, 0.25) is 5.75 Å². The van der Waals surface area contributed by atoms with Crippen molar-refractivity contribution in [1.82, 2.24) is 14.3 Å². The van der Waals surface area contributed by atoms with Crippen LogP contribution in [-0.2, 0) is 6.54 Å². The maximum absolute atomic E-state index is 12.2. The summed E-state index contributed by atoms with van der Waals surface area (Å²) in [5.74, 6) is -1.42. The zero-order valence-corrected chi connectivity index (χ0v) is 16.6. The minimum atomic E-state index is -1.43. The molecule has 1 aliphatic heterocycles. The number of carboxylic acids is 1. The number of hydrogen-bond donors (Lipinski definition) is 2. The number of benzene rings is 1. The van der Waals surface area contributed by atoms with Crippen LogP contribution >= 0.6 is 11.3 Å². The van der Waals surface area contributed by atoms with Gasteiger partial charge >= 0.3 is 11.5 Å². The number of anilines is 1. The first-order valence-electron chi connectivity index (χ1n) is 9.05. The Hall–Kier alpha value is -3.11. The maximum Gasteiger partial charge on any atom is 0.358 e. The molecule has 4 rings (SSSR count). The normalized spacial score (nSPS) is 15.0. The number of hydrogen-bond acceptors (Lipinski definition) is 8. The second-order valence-electron chi connectivity index (χ2n) is 6.70. The molecule has 0 atom stereocenters. The highest BCUT2D eigenvalue weighted by molar-refractivity contribution is 7.17. The Labute approximate surface area is 170 Å². The number of aromatic nitrogens is 2. The highest BCUT2D eigenvalue weighted by atomic mass is 32.1. The molecule has 0 radical (unpaired) electrons. The number of methoxy groups -OCH3 is 1. The Kier molecular flexibility index (Phi) is 5.12. The third kappa shape index (κ3) is 3.64. The molecule has 0 amide bonds. The third-order valence-corrected chi connectivity index (χ3v) is 5.90. The first-order chi connectivity index (χ1) is 14.0. The average Bonchev–Trinajstić information content (AvgIpc) is 3.13.